The molecule has 0 bridgehead atoms. The molecular weight excluding hydrogens is 200 g/mol. The van der Waals surface area contributed by atoms with E-state index in [-0.39, 0.29) is 11.9 Å². The molecule has 16 heavy (non-hydrogen) atoms. The minimum Gasteiger partial charge on any atom is -0.338 e. The van der Waals surface area contributed by atoms with Crippen LogP contribution in [-0.2, 0) is 4.79 Å². The number of hydrogen-bond donors (Lipinski definition) is 1. The largest absolute Gasteiger partial charge is 0.338 e. The Labute approximate surface area is 99.4 Å². The van der Waals surface area contributed by atoms with Crippen LogP contribution in [0.4, 0.5) is 0 Å². The molecule has 0 heterocycles. The molecule has 0 unspecified atom stereocenters. The molecule has 0 aromatic carbocycles. The van der Waals surface area contributed by atoms with Crippen molar-refractivity contribution in [1.82, 2.24) is 4.90 Å². The number of carbonyl (C=O) groups is 1. The lowest BCUT2D eigenvalue weighted by atomic mass is 9.96. The lowest BCUT2D eigenvalue weighted by Gasteiger charge is -2.35. The van der Waals surface area contributed by atoms with Gasteiger partial charge in [0.1, 0.15) is 0 Å². The zero-order valence-electron chi connectivity index (χ0n) is 11.1. The van der Waals surface area contributed by atoms with E-state index in [4.69, 9.17) is 5.73 Å². The van der Waals surface area contributed by atoms with Crippen molar-refractivity contribution in [1.29, 1.82) is 0 Å². The minimum absolute atomic E-state index is 0.161. The highest BCUT2D eigenvalue weighted by Gasteiger charge is 2.40. The van der Waals surface area contributed by atoms with Gasteiger partial charge in [0, 0.05) is 12.6 Å². The van der Waals surface area contributed by atoms with Crippen LogP contribution in [0.15, 0.2) is 0 Å². The lowest BCUT2D eigenvalue weighted by molar-refractivity contribution is -0.139. The molecule has 0 spiro atoms. The Kier molecular flexibility index (Phi) is 4.36. The van der Waals surface area contributed by atoms with Crippen LogP contribution in [0.3, 0.4) is 0 Å². The highest BCUT2D eigenvalue weighted by Crippen LogP contribution is 2.29. The Morgan fingerprint density at radius 2 is 1.75 bits per heavy atom. The first kappa shape index (κ1) is 13.5. The normalized spacial score (nSPS) is 19.4. The number of amides is 1. The van der Waals surface area contributed by atoms with E-state index in [1.807, 2.05) is 4.90 Å². The van der Waals surface area contributed by atoms with Crippen molar-refractivity contribution in [2.24, 2.45) is 11.7 Å². The number of carbonyl (C=O) groups excluding carboxylic acids is 1. The van der Waals surface area contributed by atoms with Gasteiger partial charge in [-0.1, -0.05) is 26.7 Å². The van der Waals surface area contributed by atoms with Gasteiger partial charge in [0.15, 0.2) is 0 Å². The molecule has 1 fully saturated rings. The second kappa shape index (κ2) is 5.17. The standard InChI is InChI=1S/C13H26N2O/c1-10(2)9-15(11(3)4)12(16)13(14)7-5-6-8-13/h10-11H,5-9,14H2,1-4H3. The summed E-state index contributed by atoms with van der Waals surface area (Å²) in [5.74, 6) is 0.657. The summed E-state index contributed by atoms with van der Waals surface area (Å²) in [5.41, 5.74) is 5.66. The Balaban J connectivity index is 2.74. The molecule has 3 heteroatoms. The number of hydrogen-bond acceptors (Lipinski definition) is 2. The van der Waals surface area contributed by atoms with Crippen molar-refractivity contribution < 1.29 is 4.79 Å². The predicted octanol–water partition coefficient (Wildman–Crippen LogP) is 2.15. The van der Waals surface area contributed by atoms with Gasteiger partial charge in [0.2, 0.25) is 5.91 Å². The van der Waals surface area contributed by atoms with Gasteiger partial charge in [-0.2, -0.15) is 0 Å². The van der Waals surface area contributed by atoms with Crippen molar-refractivity contribution in [3.05, 3.63) is 0 Å². The van der Waals surface area contributed by atoms with E-state index in [2.05, 4.69) is 27.7 Å². The van der Waals surface area contributed by atoms with Crippen LogP contribution in [0.25, 0.3) is 0 Å². The topological polar surface area (TPSA) is 46.3 Å². The second-order valence-corrected chi connectivity index (χ2v) is 5.81. The molecule has 0 radical (unpaired) electrons. The van der Waals surface area contributed by atoms with E-state index in [1.165, 1.54) is 0 Å². The molecule has 1 amide bonds. The number of nitrogens with zero attached hydrogens (tertiary/aromatic N) is 1. The first-order chi connectivity index (χ1) is 7.37. The van der Waals surface area contributed by atoms with Crippen LogP contribution < -0.4 is 5.73 Å². The van der Waals surface area contributed by atoms with Crippen molar-refractivity contribution in [2.75, 3.05) is 6.54 Å². The number of rotatable bonds is 4. The summed E-state index contributed by atoms with van der Waals surface area (Å²) >= 11 is 0. The molecule has 3 nitrogen and oxygen atoms in total. The Hall–Kier alpha value is -0.570. The van der Waals surface area contributed by atoms with Crippen LogP contribution in [-0.4, -0.2) is 28.9 Å². The zero-order chi connectivity index (χ0) is 12.3. The fourth-order valence-electron chi connectivity index (χ4n) is 2.43. The highest BCUT2D eigenvalue weighted by molar-refractivity contribution is 5.86. The van der Waals surface area contributed by atoms with Gasteiger partial charge in [-0.25, -0.2) is 0 Å². The van der Waals surface area contributed by atoms with E-state index in [9.17, 15) is 4.79 Å². The fraction of sp³-hybridized carbons (Fsp3) is 0.923. The zero-order valence-corrected chi connectivity index (χ0v) is 11.1. The van der Waals surface area contributed by atoms with Gasteiger partial charge in [-0.3, -0.25) is 4.79 Å². The predicted molar refractivity (Wildman–Crippen MR) is 67.1 cm³/mol. The summed E-state index contributed by atoms with van der Waals surface area (Å²) < 4.78 is 0. The van der Waals surface area contributed by atoms with E-state index < -0.39 is 5.54 Å². The quantitative estimate of drug-likeness (QED) is 0.798. The molecule has 94 valence electrons. The molecule has 0 saturated heterocycles. The van der Waals surface area contributed by atoms with Crippen LogP contribution in [0.5, 0.6) is 0 Å². The molecule has 1 rings (SSSR count). The van der Waals surface area contributed by atoms with Crippen LogP contribution >= 0.6 is 0 Å². The van der Waals surface area contributed by atoms with E-state index in [0.717, 1.165) is 32.2 Å². The van der Waals surface area contributed by atoms with E-state index in [0.29, 0.717) is 5.92 Å². The second-order valence-electron chi connectivity index (χ2n) is 5.81. The average molecular weight is 226 g/mol. The van der Waals surface area contributed by atoms with Crippen molar-refractivity contribution in [3.8, 4) is 0 Å². The molecule has 0 atom stereocenters. The van der Waals surface area contributed by atoms with Crippen LogP contribution in [0.2, 0.25) is 0 Å². The number of nitrogens with two attached hydrogens (primary N) is 1. The Bertz CT molecular complexity index is 242. The minimum atomic E-state index is -0.570. The van der Waals surface area contributed by atoms with Crippen LogP contribution in [0.1, 0.15) is 53.4 Å². The smallest absolute Gasteiger partial charge is 0.242 e. The highest BCUT2D eigenvalue weighted by atomic mass is 16.2. The van der Waals surface area contributed by atoms with Gasteiger partial charge in [0.25, 0.3) is 0 Å². The van der Waals surface area contributed by atoms with Gasteiger partial charge < -0.3 is 10.6 Å². The van der Waals surface area contributed by atoms with Gasteiger partial charge in [-0.15, -0.1) is 0 Å². The van der Waals surface area contributed by atoms with Crippen molar-refractivity contribution in [3.63, 3.8) is 0 Å². The summed E-state index contributed by atoms with van der Waals surface area (Å²) in [6.45, 7) is 9.23. The first-order valence-electron chi connectivity index (χ1n) is 6.47. The molecule has 1 aliphatic carbocycles. The molecule has 1 saturated carbocycles. The summed E-state index contributed by atoms with van der Waals surface area (Å²) in [6.07, 6.45) is 3.89. The van der Waals surface area contributed by atoms with Crippen LogP contribution in [0, 0.1) is 5.92 Å². The summed E-state index contributed by atoms with van der Waals surface area (Å²) in [6, 6.07) is 0.246. The maximum atomic E-state index is 12.4. The fourth-order valence-corrected chi connectivity index (χ4v) is 2.43. The summed E-state index contributed by atoms with van der Waals surface area (Å²) in [7, 11) is 0. The van der Waals surface area contributed by atoms with Crippen molar-refractivity contribution >= 4 is 5.91 Å². The Morgan fingerprint density at radius 3 is 2.12 bits per heavy atom. The summed E-state index contributed by atoms with van der Waals surface area (Å²) in [4.78, 5) is 14.4. The molecule has 1 aliphatic rings. The first-order valence-corrected chi connectivity index (χ1v) is 6.47. The van der Waals surface area contributed by atoms with Gasteiger partial charge >= 0.3 is 0 Å². The Morgan fingerprint density at radius 1 is 1.25 bits per heavy atom. The molecule has 2 N–H and O–H groups in total. The van der Waals surface area contributed by atoms with Gasteiger partial charge in [-0.05, 0) is 32.6 Å². The third-order valence-electron chi connectivity index (χ3n) is 3.37. The molecule has 0 aromatic heterocycles. The van der Waals surface area contributed by atoms with Gasteiger partial charge in [0.05, 0.1) is 5.54 Å². The monoisotopic (exact) mass is 226 g/mol. The molecule has 0 aromatic rings. The SMILES string of the molecule is CC(C)CN(C(=O)C1(N)CCCC1)C(C)C. The summed E-state index contributed by atoms with van der Waals surface area (Å²) in [5, 5.41) is 0. The third kappa shape index (κ3) is 2.97. The third-order valence-corrected chi connectivity index (χ3v) is 3.37. The maximum Gasteiger partial charge on any atom is 0.242 e. The van der Waals surface area contributed by atoms with E-state index in [1.54, 1.807) is 0 Å². The van der Waals surface area contributed by atoms with E-state index >= 15 is 0 Å². The molecular formula is C13H26N2O. The lowest BCUT2D eigenvalue weighted by Crippen LogP contribution is -2.56. The molecule has 0 aliphatic heterocycles. The average Bonchev–Trinajstić information content (AvgIpc) is 2.61. The maximum absolute atomic E-state index is 12.4. The van der Waals surface area contributed by atoms with Crippen molar-refractivity contribution in [2.45, 2.75) is 65.0 Å².